The second-order valence-electron chi connectivity index (χ2n) is 7.72. The van der Waals surface area contributed by atoms with Crippen LogP contribution in [-0.4, -0.2) is 35.2 Å². The number of carboxylic acids is 2. The van der Waals surface area contributed by atoms with Crippen LogP contribution in [0.5, 0.6) is 0 Å². The van der Waals surface area contributed by atoms with E-state index in [0.29, 0.717) is 12.8 Å². The number of carboxylic acid groups (broad SMARTS) is 2. The summed E-state index contributed by atoms with van der Waals surface area (Å²) in [5.74, 6) is -3.12. The Hall–Kier alpha value is -1.85. The highest BCUT2D eigenvalue weighted by molar-refractivity contribution is 5.79. The fraction of sp³-hybridized carbons (Fsp3) is 0.783. The van der Waals surface area contributed by atoms with Gasteiger partial charge in [0.05, 0.1) is 19.4 Å². The highest BCUT2D eigenvalue weighted by atomic mass is 16.5. The fourth-order valence-electron chi connectivity index (χ4n) is 3.50. The molecule has 0 saturated heterocycles. The number of carbonyl (C=O) groups excluding carboxylic acids is 1. The smallest absolute Gasteiger partial charge is 0.309 e. The van der Waals surface area contributed by atoms with Gasteiger partial charge >= 0.3 is 17.9 Å². The van der Waals surface area contributed by atoms with E-state index in [1.54, 1.807) is 0 Å². The molecule has 0 aliphatic carbocycles. The Labute approximate surface area is 175 Å². The minimum Gasteiger partial charge on any atom is -0.481 e. The number of methoxy groups -OCH3 is 1. The van der Waals surface area contributed by atoms with Crippen molar-refractivity contribution in [1.29, 1.82) is 0 Å². The summed E-state index contributed by atoms with van der Waals surface area (Å²) in [5, 5.41) is 17.9. The number of ether oxygens (including phenoxy) is 1. The first-order valence-electron chi connectivity index (χ1n) is 11.1. The third-order valence-corrected chi connectivity index (χ3v) is 5.20. The Morgan fingerprint density at radius 1 is 0.862 bits per heavy atom. The summed E-state index contributed by atoms with van der Waals surface area (Å²) < 4.78 is 4.85. The summed E-state index contributed by atoms with van der Waals surface area (Å²) in [6.07, 6.45) is 16.1. The molecule has 0 heterocycles. The number of allylic oxidation sites excluding steroid dienone is 2. The van der Waals surface area contributed by atoms with Crippen LogP contribution >= 0.6 is 0 Å². The van der Waals surface area contributed by atoms with Crippen LogP contribution in [0.1, 0.15) is 96.8 Å². The molecule has 0 aromatic rings. The number of hydrogen-bond acceptors (Lipinski definition) is 4. The Morgan fingerprint density at radius 3 is 2.10 bits per heavy atom. The molecule has 29 heavy (non-hydrogen) atoms. The molecule has 0 aromatic carbocycles. The van der Waals surface area contributed by atoms with Gasteiger partial charge in [0.1, 0.15) is 0 Å². The summed E-state index contributed by atoms with van der Waals surface area (Å²) >= 11 is 0. The minimum atomic E-state index is -1.00. The largest absolute Gasteiger partial charge is 0.481 e. The summed E-state index contributed by atoms with van der Waals surface area (Å²) in [6, 6.07) is 0. The van der Waals surface area contributed by atoms with Crippen molar-refractivity contribution in [2.24, 2.45) is 11.8 Å². The molecule has 168 valence electrons. The molecule has 0 bridgehead atoms. The van der Waals surface area contributed by atoms with Crippen molar-refractivity contribution in [3.63, 3.8) is 0 Å². The average molecular weight is 413 g/mol. The average Bonchev–Trinajstić information content (AvgIpc) is 2.68. The van der Waals surface area contributed by atoms with Gasteiger partial charge in [-0.15, -0.1) is 0 Å². The summed E-state index contributed by atoms with van der Waals surface area (Å²) in [4.78, 5) is 33.9. The van der Waals surface area contributed by atoms with Crippen LogP contribution in [0.4, 0.5) is 0 Å². The van der Waals surface area contributed by atoms with E-state index in [1.165, 1.54) is 39.2 Å². The standard InChI is InChI=1S/C23H40O6/c1-3-4-5-6-7-8-9-12-15-19(16-13-10-11-14-17-21(24)25)20(18-22(26)27)23(28)29-2/h12,15,19-20H,3-11,13-14,16-18H2,1-2H3,(H,24,25)(H,26,27)/b15-12+. The molecule has 2 unspecified atom stereocenters. The normalized spacial score (nSPS) is 13.3. The van der Waals surface area contributed by atoms with Gasteiger partial charge in [-0.1, -0.05) is 70.4 Å². The van der Waals surface area contributed by atoms with Gasteiger partial charge in [-0.2, -0.15) is 0 Å². The highest BCUT2D eigenvalue weighted by Crippen LogP contribution is 2.26. The number of esters is 1. The topological polar surface area (TPSA) is 101 Å². The zero-order valence-electron chi connectivity index (χ0n) is 18.2. The third kappa shape index (κ3) is 15.7. The lowest BCUT2D eigenvalue weighted by Crippen LogP contribution is -2.26. The maximum Gasteiger partial charge on any atom is 0.309 e. The summed E-state index contributed by atoms with van der Waals surface area (Å²) in [6.45, 7) is 2.20. The van der Waals surface area contributed by atoms with Crippen LogP contribution in [0.2, 0.25) is 0 Å². The molecular formula is C23H40O6. The molecule has 0 rings (SSSR count). The molecule has 0 aromatic heterocycles. The minimum absolute atomic E-state index is 0.168. The Balaban J connectivity index is 4.63. The number of aliphatic carboxylic acids is 2. The van der Waals surface area contributed by atoms with Crippen LogP contribution in [0, 0.1) is 11.8 Å². The molecule has 0 radical (unpaired) electrons. The quantitative estimate of drug-likeness (QED) is 0.163. The number of unbranched alkanes of at least 4 members (excludes halogenated alkanes) is 9. The lowest BCUT2D eigenvalue weighted by Gasteiger charge is -2.21. The van der Waals surface area contributed by atoms with Gasteiger partial charge in [0.25, 0.3) is 0 Å². The molecule has 0 saturated carbocycles. The van der Waals surface area contributed by atoms with Gasteiger partial charge in [-0.3, -0.25) is 14.4 Å². The van der Waals surface area contributed by atoms with Crippen LogP contribution in [0.3, 0.4) is 0 Å². The van der Waals surface area contributed by atoms with Crippen molar-refractivity contribution in [3.8, 4) is 0 Å². The molecule has 0 aliphatic rings. The third-order valence-electron chi connectivity index (χ3n) is 5.20. The molecule has 6 heteroatoms. The predicted octanol–water partition coefficient (Wildman–Crippen LogP) is 5.60. The van der Waals surface area contributed by atoms with Crippen molar-refractivity contribution in [2.75, 3.05) is 7.11 Å². The number of carbonyl (C=O) groups is 3. The molecule has 0 aliphatic heterocycles. The van der Waals surface area contributed by atoms with E-state index in [4.69, 9.17) is 9.84 Å². The van der Waals surface area contributed by atoms with Crippen molar-refractivity contribution in [3.05, 3.63) is 12.2 Å². The van der Waals surface area contributed by atoms with Crippen LogP contribution < -0.4 is 0 Å². The molecule has 0 fully saturated rings. The zero-order chi connectivity index (χ0) is 21.9. The van der Waals surface area contributed by atoms with E-state index in [-0.39, 0.29) is 18.8 Å². The SMILES string of the molecule is CCCCCCCC/C=C/C(CCCCCCC(=O)O)C(CC(=O)O)C(=O)OC. The fourth-order valence-corrected chi connectivity index (χ4v) is 3.50. The summed E-state index contributed by atoms with van der Waals surface area (Å²) in [5.41, 5.74) is 0. The lowest BCUT2D eigenvalue weighted by atomic mass is 9.84. The van der Waals surface area contributed by atoms with E-state index in [9.17, 15) is 19.5 Å². The van der Waals surface area contributed by atoms with Crippen LogP contribution in [-0.2, 0) is 19.1 Å². The highest BCUT2D eigenvalue weighted by Gasteiger charge is 2.29. The van der Waals surface area contributed by atoms with Gasteiger partial charge in [0.2, 0.25) is 0 Å². The molecule has 0 amide bonds. The van der Waals surface area contributed by atoms with Gasteiger partial charge in [0.15, 0.2) is 0 Å². The van der Waals surface area contributed by atoms with Gasteiger partial charge in [-0.05, 0) is 31.6 Å². The molecule has 2 atom stereocenters. The van der Waals surface area contributed by atoms with Gasteiger partial charge < -0.3 is 14.9 Å². The van der Waals surface area contributed by atoms with E-state index in [2.05, 4.69) is 13.0 Å². The van der Waals surface area contributed by atoms with Gasteiger partial charge in [-0.25, -0.2) is 0 Å². The molecule has 6 nitrogen and oxygen atoms in total. The maximum absolute atomic E-state index is 12.1. The van der Waals surface area contributed by atoms with E-state index in [1.807, 2.05) is 6.08 Å². The monoisotopic (exact) mass is 412 g/mol. The van der Waals surface area contributed by atoms with E-state index in [0.717, 1.165) is 32.1 Å². The second-order valence-corrected chi connectivity index (χ2v) is 7.72. The van der Waals surface area contributed by atoms with Crippen LogP contribution in [0.25, 0.3) is 0 Å². The van der Waals surface area contributed by atoms with Crippen molar-refractivity contribution in [2.45, 2.75) is 96.8 Å². The Morgan fingerprint density at radius 2 is 1.48 bits per heavy atom. The second kappa shape index (κ2) is 18.2. The predicted molar refractivity (Wildman–Crippen MR) is 114 cm³/mol. The lowest BCUT2D eigenvalue weighted by molar-refractivity contribution is -0.152. The number of rotatable bonds is 19. The maximum atomic E-state index is 12.1. The Kier molecular flexibility index (Phi) is 17.0. The van der Waals surface area contributed by atoms with Gasteiger partial charge in [0, 0.05) is 6.42 Å². The zero-order valence-corrected chi connectivity index (χ0v) is 18.2. The van der Waals surface area contributed by atoms with Crippen molar-refractivity contribution < 1.29 is 29.3 Å². The van der Waals surface area contributed by atoms with E-state index >= 15 is 0 Å². The molecular weight excluding hydrogens is 372 g/mol. The van der Waals surface area contributed by atoms with Crippen LogP contribution in [0.15, 0.2) is 12.2 Å². The first-order chi connectivity index (χ1) is 13.9. The van der Waals surface area contributed by atoms with Crippen molar-refractivity contribution in [1.82, 2.24) is 0 Å². The van der Waals surface area contributed by atoms with Crippen molar-refractivity contribution >= 4 is 17.9 Å². The summed E-state index contributed by atoms with van der Waals surface area (Å²) in [7, 11) is 1.29. The number of hydrogen-bond donors (Lipinski definition) is 2. The molecule has 2 N–H and O–H groups in total. The first-order valence-corrected chi connectivity index (χ1v) is 11.1. The first kappa shape index (κ1) is 27.1. The Bertz CT molecular complexity index is 486. The van der Waals surface area contributed by atoms with E-state index < -0.39 is 23.8 Å². The molecule has 0 spiro atoms.